The molecular formula is C10H10N2O. The smallest absolute Gasteiger partial charge is 0.257 e. The van der Waals surface area contributed by atoms with Gasteiger partial charge >= 0.3 is 0 Å². The molecule has 2 rings (SSSR count). The van der Waals surface area contributed by atoms with E-state index < -0.39 is 0 Å². The van der Waals surface area contributed by atoms with E-state index in [9.17, 15) is 4.79 Å². The topological polar surface area (TPSA) is 58.9 Å². The fourth-order valence-corrected chi connectivity index (χ4v) is 1.39. The Kier molecular flexibility index (Phi) is 1.59. The van der Waals surface area contributed by atoms with Gasteiger partial charge in [-0.1, -0.05) is 17.7 Å². The lowest BCUT2D eigenvalue weighted by Crippen LogP contribution is -2.08. The number of pyridine rings is 1. The first-order valence-electron chi connectivity index (χ1n) is 4.06. The monoisotopic (exact) mass is 174 g/mol. The van der Waals surface area contributed by atoms with Crippen LogP contribution in [0.5, 0.6) is 0 Å². The Hall–Kier alpha value is -1.77. The quantitative estimate of drug-likeness (QED) is 0.634. The summed E-state index contributed by atoms with van der Waals surface area (Å²) in [6.07, 6.45) is 0. The molecule has 0 saturated carbocycles. The number of rotatable bonds is 0. The summed E-state index contributed by atoms with van der Waals surface area (Å²) in [5.41, 5.74) is 6.45. The molecule has 0 saturated heterocycles. The van der Waals surface area contributed by atoms with Gasteiger partial charge in [-0.3, -0.25) is 4.79 Å². The third-order valence-electron chi connectivity index (χ3n) is 2.02. The number of anilines is 1. The number of H-pyrrole nitrogens is 1. The highest BCUT2D eigenvalue weighted by atomic mass is 16.1. The largest absolute Gasteiger partial charge is 0.385 e. The van der Waals surface area contributed by atoms with Crippen molar-refractivity contribution in [1.82, 2.24) is 4.98 Å². The summed E-state index contributed by atoms with van der Waals surface area (Å²) in [7, 11) is 0. The van der Waals surface area contributed by atoms with Gasteiger partial charge in [-0.15, -0.1) is 0 Å². The maximum atomic E-state index is 11.4. The average Bonchev–Trinajstić information content (AvgIpc) is 2.06. The molecule has 1 aromatic heterocycles. The molecule has 3 nitrogen and oxygen atoms in total. The van der Waals surface area contributed by atoms with Gasteiger partial charge in [-0.05, 0) is 24.4 Å². The van der Waals surface area contributed by atoms with Gasteiger partial charge in [0.15, 0.2) is 0 Å². The standard InChI is InChI=1S/C10H10N2O/c1-6-2-3-7-5-9(11)12-10(13)8(7)4-6/h2-5H,1H3,(H3,11,12,13). The van der Waals surface area contributed by atoms with Gasteiger partial charge in [0.05, 0.1) is 0 Å². The Morgan fingerprint density at radius 3 is 2.85 bits per heavy atom. The maximum Gasteiger partial charge on any atom is 0.257 e. The number of hydrogen-bond acceptors (Lipinski definition) is 2. The first-order chi connectivity index (χ1) is 6.16. The van der Waals surface area contributed by atoms with Crippen LogP contribution >= 0.6 is 0 Å². The summed E-state index contributed by atoms with van der Waals surface area (Å²) in [5, 5.41) is 1.57. The van der Waals surface area contributed by atoms with Crippen molar-refractivity contribution in [3.63, 3.8) is 0 Å². The average molecular weight is 174 g/mol. The highest BCUT2D eigenvalue weighted by Gasteiger charge is 1.99. The summed E-state index contributed by atoms with van der Waals surface area (Å²) >= 11 is 0. The Bertz CT molecular complexity index is 514. The van der Waals surface area contributed by atoms with Crippen molar-refractivity contribution in [1.29, 1.82) is 0 Å². The molecule has 0 bridgehead atoms. The molecular weight excluding hydrogens is 164 g/mol. The van der Waals surface area contributed by atoms with Crippen molar-refractivity contribution in [2.45, 2.75) is 6.92 Å². The number of benzene rings is 1. The van der Waals surface area contributed by atoms with Crippen LogP contribution in [0.1, 0.15) is 5.56 Å². The van der Waals surface area contributed by atoms with Crippen molar-refractivity contribution in [2.75, 3.05) is 5.73 Å². The van der Waals surface area contributed by atoms with E-state index in [1.165, 1.54) is 0 Å². The lowest BCUT2D eigenvalue weighted by molar-refractivity contribution is 1.28. The fourth-order valence-electron chi connectivity index (χ4n) is 1.39. The summed E-state index contributed by atoms with van der Waals surface area (Å²) in [4.78, 5) is 14.0. The zero-order valence-corrected chi connectivity index (χ0v) is 7.29. The maximum absolute atomic E-state index is 11.4. The van der Waals surface area contributed by atoms with Crippen molar-refractivity contribution in [3.05, 3.63) is 40.2 Å². The van der Waals surface area contributed by atoms with Crippen LogP contribution in [-0.2, 0) is 0 Å². The predicted octanol–water partition coefficient (Wildman–Crippen LogP) is 1.42. The molecule has 2 aromatic rings. The van der Waals surface area contributed by atoms with E-state index in [-0.39, 0.29) is 5.56 Å². The second-order valence-electron chi connectivity index (χ2n) is 3.14. The Balaban J connectivity index is 2.95. The third-order valence-corrected chi connectivity index (χ3v) is 2.02. The lowest BCUT2D eigenvalue weighted by atomic mass is 10.1. The second kappa shape index (κ2) is 2.62. The minimum Gasteiger partial charge on any atom is -0.385 e. The highest BCUT2D eigenvalue weighted by Crippen LogP contribution is 2.12. The predicted molar refractivity (Wildman–Crippen MR) is 53.7 cm³/mol. The Labute approximate surface area is 75.2 Å². The molecule has 13 heavy (non-hydrogen) atoms. The Morgan fingerprint density at radius 1 is 1.31 bits per heavy atom. The molecule has 0 fully saturated rings. The zero-order valence-electron chi connectivity index (χ0n) is 7.29. The molecule has 1 aromatic carbocycles. The zero-order chi connectivity index (χ0) is 9.42. The van der Waals surface area contributed by atoms with E-state index in [0.717, 1.165) is 10.9 Å². The molecule has 3 N–H and O–H groups in total. The van der Waals surface area contributed by atoms with Crippen molar-refractivity contribution in [2.24, 2.45) is 0 Å². The van der Waals surface area contributed by atoms with Crippen LogP contribution in [0.4, 0.5) is 5.82 Å². The summed E-state index contributed by atoms with van der Waals surface area (Å²) < 4.78 is 0. The van der Waals surface area contributed by atoms with Crippen LogP contribution in [0, 0.1) is 6.92 Å². The molecule has 3 heteroatoms. The van der Waals surface area contributed by atoms with E-state index in [1.807, 2.05) is 25.1 Å². The molecule has 0 aliphatic rings. The number of nitrogen functional groups attached to an aromatic ring is 1. The van der Waals surface area contributed by atoms with Crippen LogP contribution in [-0.4, -0.2) is 4.98 Å². The normalized spacial score (nSPS) is 10.5. The molecule has 0 amide bonds. The third kappa shape index (κ3) is 1.28. The Morgan fingerprint density at radius 2 is 2.08 bits per heavy atom. The number of nitrogens with two attached hydrogens (primary N) is 1. The summed E-state index contributed by atoms with van der Waals surface area (Å²) in [6.45, 7) is 1.95. The first kappa shape index (κ1) is 7.86. The van der Waals surface area contributed by atoms with Crippen molar-refractivity contribution in [3.8, 4) is 0 Å². The van der Waals surface area contributed by atoms with Crippen LogP contribution in [0.15, 0.2) is 29.1 Å². The van der Waals surface area contributed by atoms with Crippen LogP contribution in [0.2, 0.25) is 0 Å². The number of aromatic nitrogens is 1. The highest BCUT2D eigenvalue weighted by molar-refractivity contribution is 5.83. The fraction of sp³-hybridized carbons (Fsp3) is 0.100. The van der Waals surface area contributed by atoms with Crippen LogP contribution in [0.25, 0.3) is 10.8 Å². The minimum atomic E-state index is -0.126. The molecule has 0 aliphatic carbocycles. The van der Waals surface area contributed by atoms with Crippen LogP contribution < -0.4 is 11.3 Å². The number of hydrogen-bond donors (Lipinski definition) is 2. The van der Waals surface area contributed by atoms with Crippen molar-refractivity contribution >= 4 is 16.6 Å². The molecule has 0 spiro atoms. The molecule has 0 unspecified atom stereocenters. The van der Waals surface area contributed by atoms with Gasteiger partial charge in [0.1, 0.15) is 5.82 Å². The number of fused-ring (bicyclic) bond motifs is 1. The molecule has 0 radical (unpaired) electrons. The number of aryl methyl sites for hydroxylation is 1. The van der Waals surface area contributed by atoms with E-state index in [2.05, 4.69) is 4.98 Å². The number of nitrogens with one attached hydrogen (secondary N) is 1. The molecule has 0 aliphatic heterocycles. The van der Waals surface area contributed by atoms with Gasteiger partial charge in [-0.2, -0.15) is 0 Å². The second-order valence-corrected chi connectivity index (χ2v) is 3.14. The molecule has 66 valence electrons. The van der Waals surface area contributed by atoms with Crippen LogP contribution in [0.3, 0.4) is 0 Å². The minimum absolute atomic E-state index is 0.126. The van der Waals surface area contributed by atoms with Gasteiger partial charge in [0, 0.05) is 5.39 Å². The van der Waals surface area contributed by atoms with Gasteiger partial charge in [0.25, 0.3) is 5.56 Å². The van der Waals surface area contributed by atoms with E-state index >= 15 is 0 Å². The van der Waals surface area contributed by atoms with Crippen molar-refractivity contribution < 1.29 is 0 Å². The van der Waals surface area contributed by atoms with Gasteiger partial charge in [-0.25, -0.2) is 0 Å². The van der Waals surface area contributed by atoms with E-state index in [0.29, 0.717) is 11.2 Å². The first-order valence-corrected chi connectivity index (χ1v) is 4.06. The van der Waals surface area contributed by atoms with E-state index in [1.54, 1.807) is 6.07 Å². The van der Waals surface area contributed by atoms with Gasteiger partial charge in [0.2, 0.25) is 0 Å². The van der Waals surface area contributed by atoms with Gasteiger partial charge < -0.3 is 10.7 Å². The SMILES string of the molecule is Cc1ccc2cc(N)[nH]c(=O)c2c1. The molecule has 1 heterocycles. The number of aromatic amines is 1. The summed E-state index contributed by atoms with van der Waals surface area (Å²) in [6, 6.07) is 7.47. The van der Waals surface area contributed by atoms with E-state index in [4.69, 9.17) is 5.73 Å². The molecule has 0 atom stereocenters. The summed E-state index contributed by atoms with van der Waals surface area (Å²) in [5.74, 6) is 0.404. The lowest BCUT2D eigenvalue weighted by Gasteiger charge is -1.99.